The molecule has 0 bridgehead atoms. The second-order valence-electron chi connectivity index (χ2n) is 3.67. The normalized spacial score (nSPS) is 19.7. The summed E-state index contributed by atoms with van der Waals surface area (Å²) in [4.78, 5) is 11.2. The van der Waals surface area contributed by atoms with Gasteiger partial charge in [-0.05, 0) is 25.8 Å². The Morgan fingerprint density at radius 2 is 2.40 bits per heavy atom. The molecule has 0 aromatic carbocycles. The smallest absolute Gasteiger partial charge is 0.222 e. The summed E-state index contributed by atoms with van der Waals surface area (Å²) in [5.41, 5.74) is 0. The molecule has 1 saturated heterocycles. The van der Waals surface area contributed by atoms with Crippen molar-refractivity contribution in [2.24, 2.45) is 0 Å². The van der Waals surface area contributed by atoms with E-state index in [1.54, 1.807) is 7.11 Å². The van der Waals surface area contributed by atoms with Gasteiger partial charge < -0.3 is 15.4 Å². The van der Waals surface area contributed by atoms with Crippen molar-refractivity contribution < 1.29 is 9.53 Å². The maximum Gasteiger partial charge on any atom is 0.222 e. The number of carbonyl (C=O) groups excluding carboxylic acids is 1. The van der Waals surface area contributed by atoms with Gasteiger partial charge in [-0.1, -0.05) is 0 Å². The minimum Gasteiger partial charge on any atom is -0.384 e. The number of ether oxygens (including phenoxy) is 1. The van der Waals surface area contributed by atoms with Gasteiger partial charge in [0.1, 0.15) is 0 Å². The molecule has 0 saturated carbocycles. The van der Waals surface area contributed by atoms with Gasteiger partial charge in [0.05, 0.1) is 6.61 Å². The van der Waals surface area contributed by atoms with Crippen molar-refractivity contribution in [3.63, 3.8) is 0 Å². The number of hydrogen-bond donors (Lipinski definition) is 2. The van der Waals surface area contributed by atoms with Crippen LogP contribution in [-0.2, 0) is 9.53 Å². The van der Waals surface area contributed by atoms with E-state index in [2.05, 4.69) is 10.6 Å². The maximum absolute atomic E-state index is 11.2. The number of amides is 1. The van der Waals surface area contributed by atoms with Gasteiger partial charge in [-0.3, -0.25) is 4.79 Å². The van der Waals surface area contributed by atoms with Crippen LogP contribution in [-0.4, -0.2) is 38.8 Å². The van der Waals surface area contributed by atoms with E-state index in [0.29, 0.717) is 19.1 Å². The molecule has 1 aliphatic rings. The monoisotopic (exact) mass is 236 g/mol. The lowest BCUT2D eigenvalue weighted by Gasteiger charge is -2.10. The Kier molecular flexibility index (Phi) is 8.76. The molecule has 0 aromatic heterocycles. The Morgan fingerprint density at radius 3 is 3.00 bits per heavy atom. The summed E-state index contributed by atoms with van der Waals surface area (Å²) in [7, 11) is 1.61. The summed E-state index contributed by atoms with van der Waals surface area (Å²) in [6, 6.07) is 0.609. The fourth-order valence-corrected chi connectivity index (χ4v) is 1.67. The molecule has 1 atom stereocenters. The van der Waals surface area contributed by atoms with Crippen LogP contribution in [0.4, 0.5) is 0 Å². The third-order valence-electron chi connectivity index (χ3n) is 2.51. The van der Waals surface area contributed by atoms with Crippen LogP contribution in [0.25, 0.3) is 0 Å². The summed E-state index contributed by atoms with van der Waals surface area (Å²) in [6.45, 7) is 2.41. The molecule has 1 aliphatic heterocycles. The van der Waals surface area contributed by atoms with Gasteiger partial charge in [-0.15, -0.1) is 12.4 Å². The molecule has 1 heterocycles. The number of rotatable bonds is 6. The third kappa shape index (κ3) is 6.71. The molecule has 0 aliphatic carbocycles. The lowest BCUT2D eigenvalue weighted by atomic mass is 10.1. The van der Waals surface area contributed by atoms with E-state index in [9.17, 15) is 4.79 Å². The van der Waals surface area contributed by atoms with Gasteiger partial charge in [0.15, 0.2) is 0 Å². The lowest BCUT2D eigenvalue weighted by Crippen LogP contribution is -2.30. The van der Waals surface area contributed by atoms with Crippen molar-refractivity contribution in [2.45, 2.75) is 31.7 Å². The molecule has 0 radical (unpaired) electrons. The van der Waals surface area contributed by atoms with Crippen LogP contribution in [0.3, 0.4) is 0 Å². The van der Waals surface area contributed by atoms with Crippen molar-refractivity contribution in [3.05, 3.63) is 0 Å². The third-order valence-corrected chi connectivity index (χ3v) is 2.51. The zero-order valence-electron chi connectivity index (χ0n) is 9.25. The second-order valence-corrected chi connectivity index (χ2v) is 3.67. The van der Waals surface area contributed by atoms with Gasteiger partial charge in [0, 0.05) is 26.1 Å². The zero-order valence-corrected chi connectivity index (χ0v) is 10.1. The highest BCUT2D eigenvalue weighted by Crippen LogP contribution is 2.07. The van der Waals surface area contributed by atoms with Crippen molar-refractivity contribution in [1.82, 2.24) is 10.6 Å². The Labute approximate surface area is 97.5 Å². The highest BCUT2D eigenvalue weighted by molar-refractivity contribution is 5.85. The van der Waals surface area contributed by atoms with E-state index in [4.69, 9.17) is 4.74 Å². The van der Waals surface area contributed by atoms with Crippen molar-refractivity contribution in [1.29, 1.82) is 0 Å². The molecule has 2 N–H and O–H groups in total. The van der Waals surface area contributed by atoms with E-state index in [-0.39, 0.29) is 18.3 Å². The van der Waals surface area contributed by atoms with Gasteiger partial charge in [0.2, 0.25) is 5.91 Å². The number of halogens is 1. The lowest BCUT2D eigenvalue weighted by molar-refractivity contribution is -0.121. The zero-order chi connectivity index (χ0) is 10.2. The number of nitrogens with one attached hydrogen (secondary N) is 2. The van der Waals surface area contributed by atoms with Crippen LogP contribution < -0.4 is 10.6 Å². The Hall–Kier alpha value is -0.320. The molecule has 15 heavy (non-hydrogen) atoms. The van der Waals surface area contributed by atoms with Crippen LogP contribution in [0, 0.1) is 0 Å². The molecule has 5 heteroatoms. The van der Waals surface area contributed by atoms with Gasteiger partial charge in [0.25, 0.3) is 0 Å². The maximum atomic E-state index is 11.2. The molecule has 0 spiro atoms. The van der Waals surface area contributed by atoms with E-state index >= 15 is 0 Å². The first-order chi connectivity index (χ1) is 6.83. The average Bonchev–Trinajstić information content (AvgIpc) is 2.67. The molecule has 1 amide bonds. The Bertz CT molecular complexity index is 173. The Balaban J connectivity index is 0.00000196. The first-order valence-corrected chi connectivity index (χ1v) is 5.32. The molecule has 90 valence electrons. The summed E-state index contributed by atoms with van der Waals surface area (Å²) in [6.07, 6.45) is 4.02. The van der Waals surface area contributed by atoms with Gasteiger partial charge in [-0.2, -0.15) is 0 Å². The number of hydrogen-bond acceptors (Lipinski definition) is 3. The van der Waals surface area contributed by atoms with E-state index in [0.717, 1.165) is 19.5 Å². The SMILES string of the molecule is COCCC(=O)NCC[C@H]1CCCN1.Cl. The number of methoxy groups -OCH3 is 1. The highest BCUT2D eigenvalue weighted by Gasteiger charge is 2.13. The fraction of sp³-hybridized carbons (Fsp3) is 0.900. The van der Waals surface area contributed by atoms with Crippen LogP contribution in [0.5, 0.6) is 0 Å². The van der Waals surface area contributed by atoms with Crippen LogP contribution in [0.1, 0.15) is 25.7 Å². The summed E-state index contributed by atoms with van der Waals surface area (Å²) < 4.78 is 4.82. The van der Waals surface area contributed by atoms with Crippen LogP contribution in [0.2, 0.25) is 0 Å². The fourth-order valence-electron chi connectivity index (χ4n) is 1.67. The molecule has 1 fully saturated rings. The molecule has 4 nitrogen and oxygen atoms in total. The minimum absolute atomic E-state index is 0. The number of carbonyl (C=O) groups is 1. The minimum atomic E-state index is 0. The molecule has 0 unspecified atom stereocenters. The van der Waals surface area contributed by atoms with Crippen molar-refractivity contribution in [2.75, 3.05) is 26.8 Å². The first kappa shape index (κ1) is 14.7. The van der Waals surface area contributed by atoms with E-state index in [1.807, 2.05) is 0 Å². The molecular formula is C10H21ClN2O2. The van der Waals surface area contributed by atoms with Crippen LogP contribution in [0.15, 0.2) is 0 Å². The summed E-state index contributed by atoms with van der Waals surface area (Å²) >= 11 is 0. The van der Waals surface area contributed by atoms with Crippen LogP contribution >= 0.6 is 12.4 Å². The molecule has 1 rings (SSSR count). The predicted molar refractivity (Wildman–Crippen MR) is 62.4 cm³/mol. The topological polar surface area (TPSA) is 50.4 Å². The van der Waals surface area contributed by atoms with E-state index in [1.165, 1.54) is 12.8 Å². The van der Waals surface area contributed by atoms with Crippen molar-refractivity contribution >= 4 is 18.3 Å². The standard InChI is InChI=1S/C10H20N2O2.ClH/c1-14-8-5-10(13)12-7-4-9-3-2-6-11-9;/h9,11H,2-8H2,1H3,(H,12,13);1H/t9-;/m1./s1. The van der Waals surface area contributed by atoms with E-state index < -0.39 is 0 Å². The predicted octanol–water partition coefficient (Wildman–Crippen LogP) is 0.703. The quantitative estimate of drug-likeness (QED) is 0.714. The van der Waals surface area contributed by atoms with Crippen molar-refractivity contribution in [3.8, 4) is 0 Å². The molecular weight excluding hydrogens is 216 g/mol. The van der Waals surface area contributed by atoms with Gasteiger partial charge in [-0.25, -0.2) is 0 Å². The Morgan fingerprint density at radius 1 is 1.60 bits per heavy atom. The molecule has 0 aromatic rings. The first-order valence-electron chi connectivity index (χ1n) is 5.32. The largest absolute Gasteiger partial charge is 0.384 e. The summed E-state index contributed by atoms with van der Waals surface area (Å²) in [5.74, 6) is 0.0878. The highest BCUT2D eigenvalue weighted by atomic mass is 35.5. The second kappa shape index (κ2) is 8.95. The van der Waals surface area contributed by atoms with Gasteiger partial charge >= 0.3 is 0 Å². The summed E-state index contributed by atoms with van der Waals surface area (Å²) in [5, 5.41) is 6.28. The average molecular weight is 237 g/mol.